The van der Waals surface area contributed by atoms with Crippen molar-refractivity contribution in [2.45, 2.75) is 18.7 Å². The van der Waals surface area contributed by atoms with E-state index in [0.29, 0.717) is 11.4 Å². The molecule has 0 spiro atoms. The van der Waals surface area contributed by atoms with Crippen LogP contribution in [-0.2, 0) is 10.0 Å². The van der Waals surface area contributed by atoms with Crippen LogP contribution in [0.15, 0.2) is 47.4 Å². The largest absolute Gasteiger partial charge is 0.351 e. The molecule has 0 heterocycles. The number of nitrogens with zero attached hydrogens (tertiary/aromatic N) is 1. The first-order chi connectivity index (χ1) is 13.2. The van der Waals surface area contributed by atoms with E-state index < -0.39 is 33.3 Å². The molecule has 0 aromatic heterocycles. The van der Waals surface area contributed by atoms with Gasteiger partial charge in [-0.15, -0.1) is 0 Å². The van der Waals surface area contributed by atoms with Crippen LogP contribution in [0.3, 0.4) is 0 Å². The number of rotatable bonds is 7. The monoisotopic (exact) mass is 408 g/mol. The summed E-state index contributed by atoms with van der Waals surface area (Å²) in [6, 6.07) is 8.33. The summed E-state index contributed by atoms with van der Waals surface area (Å²) in [7, 11) is -3.83. The molecule has 0 saturated carbocycles. The van der Waals surface area contributed by atoms with Gasteiger partial charge in [-0.05, 0) is 42.5 Å². The molecule has 0 radical (unpaired) electrons. The fourth-order valence-electron chi connectivity index (χ4n) is 2.53. The van der Waals surface area contributed by atoms with Gasteiger partial charge in [0, 0.05) is 24.5 Å². The minimum atomic E-state index is -3.83. The van der Waals surface area contributed by atoms with Crippen molar-refractivity contribution in [1.82, 2.24) is 4.31 Å². The molecule has 2 rings (SSSR count). The predicted molar refractivity (Wildman–Crippen MR) is 104 cm³/mol. The van der Waals surface area contributed by atoms with E-state index in [0.717, 1.165) is 18.2 Å². The third-order valence-corrected chi connectivity index (χ3v) is 5.98. The predicted octanol–water partition coefficient (Wildman–Crippen LogP) is 2.60. The number of hydrogen-bond acceptors (Lipinski definition) is 4. The Kier molecular flexibility index (Phi) is 6.71. The SMILES string of the molecule is CCN(CC)S(=O)(=O)c1ccc(F)c(C(=O)Nc2ccc(NC(N)=O)cc2)c1. The number of nitrogens with one attached hydrogen (secondary N) is 2. The van der Waals surface area contributed by atoms with E-state index in [1.807, 2.05) is 0 Å². The highest BCUT2D eigenvalue weighted by molar-refractivity contribution is 7.89. The van der Waals surface area contributed by atoms with Gasteiger partial charge in [-0.3, -0.25) is 4.79 Å². The normalized spacial score (nSPS) is 11.3. The summed E-state index contributed by atoms with van der Waals surface area (Å²) in [4.78, 5) is 23.1. The molecule has 0 bridgehead atoms. The lowest BCUT2D eigenvalue weighted by molar-refractivity contribution is 0.102. The summed E-state index contributed by atoms with van der Waals surface area (Å²) in [5.41, 5.74) is 5.37. The van der Waals surface area contributed by atoms with Crippen LogP contribution >= 0.6 is 0 Å². The zero-order chi connectivity index (χ0) is 20.9. The van der Waals surface area contributed by atoms with Crippen LogP contribution in [0.1, 0.15) is 24.2 Å². The van der Waals surface area contributed by atoms with Crippen LogP contribution in [0.2, 0.25) is 0 Å². The molecule has 10 heteroatoms. The molecule has 150 valence electrons. The second kappa shape index (κ2) is 8.81. The molecule has 0 aliphatic carbocycles. The Morgan fingerprint density at radius 2 is 1.54 bits per heavy atom. The van der Waals surface area contributed by atoms with Crippen LogP contribution < -0.4 is 16.4 Å². The number of hydrogen-bond donors (Lipinski definition) is 3. The molecule has 0 aliphatic rings. The molecule has 2 aromatic carbocycles. The molecule has 28 heavy (non-hydrogen) atoms. The van der Waals surface area contributed by atoms with Gasteiger partial charge < -0.3 is 16.4 Å². The smallest absolute Gasteiger partial charge is 0.316 e. The van der Waals surface area contributed by atoms with Crippen LogP contribution in [-0.4, -0.2) is 37.8 Å². The van der Waals surface area contributed by atoms with Crippen LogP contribution in [0, 0.1) is 5.82 Å². The van der Waals surface area contributed by atoms with Gasteiger partial charge in [0.15, 0.2) is 0 Å². The first kappa shape index (κ1) is 21.3. The molecule has 0 unspecified atom stereocenters. The van der Waals surface area contributed by atoms with E-state index in [9.17, 15) is 22.4 Å². The Labute approximate surface area is 162 Å². The highest BCUT2D eigenvalue weighted by atomic mass is 32.2. The van der Waals surface area contributed by atoms with Crippen molar-refractivity contribution in [3.05, 3.63) is 53.8 Å². The summed E-state index contributed by atoms with van der Waals surface area (Å²) < 4.78 is 40.6. The second-order valence-electron chi connectivity index (χ2n) is 5.75. The summed E-state index contributed by atoms with van der Waals surface area (Å²) >= 11 is 0. The zero-order valence-electron chi connectivity index (χ0n) is 15.4. The van der Waals surface area contributed by atoms with Crippen molar-refractivity contribution in [3.63, 3.8) is 0 Å². The van der Waals surface area contributed by atoms with Crippen LogP contribution in [0.25, 0.3) is 0 Å². The van der Waals surface area contributed by atoms with Crippen molar-refractivity contribution in [2.24, 2.45) is 5.73 Å². The van der Waals surface area contributed by atoms with E-state index >= 15 is 0 Å². The fourth-order valence-corrected chi connectivity index (χ4v) is 4.01. The van der Waals surface area contributed by atoms with E-state index in [1.165, 1.54) is 28.6 Å². The topological polar surface area (TPSA) is 122 Å². The molecular weight excluding hydrogens is 387 g/mol. The highest BCUT2D eigenvalue weighted by Crippen LogP contribution is 2.21. The third kappa shape index (κ3) is 4.84. The Hall–Kier alpha value is -2.98. The Morgan fingerprint density at radius 1 is 1.00 bits per heavy atom. The third-order valence-electron chi connectivity index (χ3n) is 3.94. The standard InChI is InChI=1S/C18H21FN4O4S/c1-3-23(4-2)28(26,27)14-9-10-16(19)15(11-14)17(24)21-12-5-7-13(8-6-12)22-18(20)25/h5-11H,3-4H2,1-2H3,(H,21,24)(H3,20,22,25). The summed E-state index contributed by atoms with van der Waals surface area (Å²) in [5.74, 6) is -1.65. The summed E-state index contributed by atoms with van der Waals surface area (Å²) in [6.45, 7) is 3.89. The van der Waals surface area contributed by atoms with Gasteiger partial charge in [0.05, 0.1) is 10.5 Å². The average molecular weight is 408 g/mol. The maximum Gasteiger partial charge on any atom is 0.316 e. The average Bonchev–Trinajstić information content (AvgIpc) is 2.63. The first-order valence-corrected chi connectivity index (χ1v) is 9.90. The van der Waals surface area contributed by atoms with E-state index in [-0.39, 0.29) is 18.0 Å². The lowest BCUT2D eigenvalue weighted by Crippen LogP contribution is -2.31. The molecule has 0 atom stereocenters. The quantitative estimate of drug-likeness (QED) is 0.652. The number of primary amides is 1. The Morgan fingerprint density at radius 3 is 2.04 bits per heavy atom. The highest BCUT2D eigenvalue weighted by Gasteiger charge is 2.24. The van der Waals surface area contributed by atoms with Crippen molar-refractivity contribution in [1.29, 1.82) is 0 Å². The lowest BCUT2D eigenvalue weighted by Gasteiger charge is -2.19. The molecule has 0 aliphatic heterocycles. The number of urea groups is 1. The van der Waals surface area contributed by atoms with Gasteiger partial charge in [0.2, 0.25) is 10.0 Å². The molecule has 0 saturated heterocycles. The molecule has 4 N–H and O–H groups in total. The van der Waals surface area contributed by atoms with Crippen LogP contribution in [0.4, 0.5) is 20.6 Å². The Bertz CT molecular complexity index is 974. The van der Waals surface area contributed by atoms with Gasteiger partial charge in [-0.2, -0.15) is 4.31 Å². The van der Waals surface area contributed by atoms with Gasteiger partial charge in [0.1, 0.15) is 5.82 Å². The maximum absolute atomic E-state index is 14.2. The van der Waals surface area contributed by atoms with Crippen molar-refractivity contribution in [2.75, 3.05) is 23.7 Å². The Balaban J connectivity index is 2.27. The lowest BCUT2D eigenvalue weighted by atomic mass is 10.2. The van der Waals surface area contributed by atoms with Gasteiger partial charge in [-0.25, -0.2) is 17.6 Å². The fraction of sp³-hybridized carbons (Fsp3) is 0.222. The summed E-state index contributed by atoms with van der Waals surface area (Å²) in [5, 5.41) is 4.85. The minimum absolute atomic E-state index is 0.163. The summed E-state index contributed by atoms with van der Waals surface area (Å²) in [6.07, 6.45) is 0. The number of carbonyl (C=O) groups excluding carboxylic acids is 2. The molecule has 2 aromatic rings. The molecule has 0 fully saturated rings. The number of halogens is 1. The number of benzene rings is 2. The molecule has 8 nitrogen and oxygen atoms in total. The number of carbonyl (C=O) groups is 2. The van der Waals surface area contributed by atoms with Crippen molar-refractivity contribution in [3.8, 4) is 0 Å². The van der Waals surface area contributed by atoms with E-state index in [1.54, 1.807) is 13.8 Å². The maximum atomic E-state index is 14.2. The molecular formula is C18H21FN4O4S. The van der Waals surface area contributed by atoms with Gasteiger partial charge in [0.25, 0.3) is 5.91 Å². The zero-order valence-corrected chi connectivity index (χ0v) is 16.2. The van der Waals surface area contributed by atoms with E-state index in [2.05, 4.69) is 10.6 Å². The first-order valence-electron chi connectivity index (χ1n) is 8.46. The number of nitrogens with two attached hydrogens (primary N) is 1. The second-order valence-corrected chi connectivity index (χ2v) is 7.69. The van der Waals surface area contributed by atoms with Crippen molar-refractivity contribution < 1.29 is 22.4 Å². The van der Waals surface area contributed by atoms with Gasteiger partial charge >= 0.3 is 6.03 Å². The number of anilines is 2. The number of sulfonamides is 1. The van der Waals surface area contributed by atoms with E-state index in [4.69, 9.17) is 5.73 Å². The van der Waals surface area contributed by atoms with Gasteiger partial charge in [-0.1, -0.05) is 13.8 Å². The number of amides is 3. The van der Waals surface area contributed by atoms with Crippen molar-refractivity contribution >= 4 is 33.3 Å². The molecule has 3 amide bonds. The minimum Gasteiger partial charge on any atom is -0.351 e. The van der Waals surface area contributed by atoms with Crippen LogP contribution in [0.5, 0.6) is 0 Å².